The lowest BCUT2D eigenvalue weighted by Crippen LogP contribution is -2.28. The zero-order valence-corrected chi connectivity index (χ0v) is 15.1. The van der Waals surface area contributed by atoms with E-state index < -0.39 is 16.0 Å². The van der Waals surface area contributed by atoms with Crippen LogP contribution in [0.2, 0.25) is 0 Å². The lowest BCUT2D eigenvalue weighted by molar-refractivity contribution is 0.0696. The molecule has 136 valence electrons. The Hall–Kier alpha value is -2.51. The first-order valence-corrected chi connectivity index (χ1v) is 9.73. The molecular weight excluding hydrogens is 354 g/mol. The molecule has 0 unspecified atom stereocenters. The van der Waals surface area contributed by atoms with Gasteiger partial charge in [0.2, 0.25) is 10.0 Å². The van der Waals surface area contributed by atoms with Crippen LogP contribution in [0.3, 0.4) is 0 Å². The minimum atomic E-state index is -3.75. The summed E-state index contributed by atoms with van der Waals surface area (Å²) in [5.74, 6) is -1.32. The number of hydrogen-bond acceptors (Lipinski definition) is 4. The average Bonchev–Trinajstić information content (AvgIpc) is 3.17. The SMILES string of the molecule is CC(=O)c1cccc(-c2cc(C(=O)O)cc(S(=O)(=O)N3CCCC3)c2)c1. The van der Waals surface area contributed by atoms with Crippen LogP contribution in [0.1, 0.15) is 40.5 Å². The first kappa shape index (κ1) is 18.3. The van der Waals surface area contributed by atoms with Crippen molar-refractivity contribution in [1.29, 1.82) is 0 Å². The molecule has 0 saturated carbocycles. The van der Waals surface area contributed by atoms with Gasteiger partial charge in [-0.3, -0.25) is 4.79 Å². The van der Waals surface area contributed by atoms with Gasteiger partial charge in [-0.1, -0.05) is 18.2 Å². The van der Waals surface area contributed by atoms with Gasteiger partial charge in [0.1, 0.15) is 0 Å². The van der Waals surface area contributed by atoms with E-state index in [9.17, 15) is 23.1 Å². The van der Waals surface area contributed by atoms with Gasteiger partial charge in [0.05, 0.1) is 10.5 Å². The summed E-state index contributed by atoms with van der Waals surface area (Å²) in [7, 11) is -3.75. The molecule has 1 heterocycles. The molecule has 0 aromatic heterocycles. The van der Waals surface area contributed by atoms with Gasteiger partial charge in [-0.05, 0) is 55.2 Å². The molecule has 0 spiro atoms. The molecule has 0 bridgehead atoms. The molecule has 0 atom stereocenters. The van der Waals surface area contributed by atoms with Crippen LogP contribution in [-0.2, 0) is 10.0 Å². The molecule has 1 aliphatic heterocycles. The number of carbonyl (C=O) groups excluding carboxylic acids is 1. The van der Waals surface area contributed by atoms with Crippen molar-refractivity contribution in [1.82, 2.24) is 4.31 Å². The number of Topliss-reactive ketones (excluding diaryl/α,β-unsaturated/α-hetero) is 1. The molecular formula is C19H19NO5S. The number of nitrogens with zero attached hydrogens (tertiary/aromatic N) is 1. The zero-order valence-electron chi connectivity index (χ0n) is 14.3. The largest absolute Gasteiger partial charge is 0.478 e. The Bertz CT molecular complexity index is 975. The third kappa shape index (κ3) is 3.54. The third-order valence-electron chi connectivity index (χ3n) is 4.46. The highest BCUT2D eigenvalue weighted by molar-refractivity contribution is 7.89. The van der Waals surface area contributed by atoms with Crippen molar-refractivity contribution in [2.75, 3.05) is 13.1 Å². The van der Waals surface area contributed by atoms with Gasteiger partial charge in [0, 0.05) is 18.7 Å². The minimum absolute atomic E-state index is 0.0393. The van der Waals surface area contributed by atoms with E-state index >= 15 is 0 Å². The summed E-state index contributed by atoms with van der Waals surface area (Å²) >= 11 is 0. The van der Waals surface area contributed by atoms with Crippen molar-refractivity contribution >= 4 is 21.8 Å². The van der Waals surface area contributed by atoms with E-state index in [0.29, 0.717) is 29.8 Å². The number of carbonyl (C=O) groups is 2. The van der Waals surface area contributed by atoms with E-state index in [-0.39, 0.29) is 16.2 Å². The van der Waals surface area contributed by atoms with Gasteiger partial charge < -0.3 is 5.11 Å². The second kappa shape index (κ2) is 7.01. The lowest BCUT2D eigenvalue weighted by Gasteiger charge is -2.17. The highest BCUT2D eigenvalue weighted by Crippen LogP contribution is 2.28. The maximum absolute atomic E-state index is 12.8. The highest BCUT2D eigenvalue weighted by Gasteiger charge is 2.28. The minimum Gasteiger partial charge on any atom is -0.478 e. The Morgan fingerprint density at radius 2 is 1.62 bits per heavy atom. The number of hydrogen-bond donors (Lipinski definition) is 1. The number of aromatic carboxylic acids is 1. The van der Waals surface area contributed by atoms with Gasteiger partial charge in [-0.2, -0.15) is 4.31 Å². The molecule has 1 N–H and O–H groups in total. The van der Waals surface area contributed by atoms with Crippen molar-refractivity contribution < 1.29 is 23.1 Å². The van der Waals surface area contributed by atoms with Crippen molar-refractivity contribution in [3.05, 3.63) is 53.6 Å². The Morgan fingerprint density at radius 3 is 2.23 bits per heavy atom. The molecule has 6 nitrogen and oxygen atoms in total. The van der Waals surface area contributed by atoms with E-state index in [1.165, 1.54) is 29.4 Å². The van der Waals surface area contributed by atoms with Crippen LogP contribution >= 0.6 is 0 Å². The number of ketones is 1. The van der Waals surface area contributed by atoms with Crippen molar-refractivity contribution in [2.45, 2.75) is 24.7 Å². The van der Waals surface area contributed by atoms with Crippen molar-refractivity contribution in [3.63, 3.8) is 0 Å². The Balaban J connectivity index is 2.15. The second-order valence-electron chi connectivity index (χ2n) is 6.30. The summed E-state index contributed by atoms with van der Waals surface area (Å²) in [5, 5.41) is 9.39. The quantitative estimate of drug-likeness (QED) is 0.814. The second-order valence-corrected chi connectivity index (χ2v) is 8.24. The number of rotatable bonds is 5. The summed E-state index contributed by atoms with van der Waals surface area (Å²) in [6.45, 7) is 2.32. The molecule has 7 heteroatoms. The third-order valence-corrected chi connectivity index (χ3v) is 6.34. The molecule has 0 aliphatic carbocycles. The number of benzene rings is 2. The fourth-order valence-corrected chi connectivity index (χ4v) is 4.62. The summed E-state index contributed by atoms with van der Waals surface area (Å²) < 4.78 is 27.1. The number of carboxylic acids is 1. The summed E-state index contributed by atoms with van der Waals surface area (Å²) in [4.78, 5) is 23.1. The predicted octanol–water partition coefficient (Wildman–Crippen LogP) is 3.04. The molecule has 0 amide bonds. The van der Waals surface area contributed by atoms with E-state index in [1.807, 2.05) is 0 Å². The van der Waals surface area contributed by atoms with Crippen LogP contribution in [0, 0.1) is 0 Å². The predicted molar refractivity (Wildman–Crippen MR) is 96.8 cm³/mol. The van der Waals surface area contributed by atoms with Gasteiger partial charge >= 0.3 is 5.97 Å². The Labute approximate surface area is 152 Å². The number of sulfonamides is 1. The normalized spacial score (nSPS) is 15.1. The first-order chi connectivity index (χ1) is 12.3. The Kier molecular flexibility index (Phi) is 4.93. The molecule has 1 aliphatic rings. The fraction of sp³-hybridized carbons (Fsp3) is 0.263. The van der Waals surface area contributed by atoms with E-state index in [0.717, 1.165) is 12.8 Å². The first-order valence-electron chi connectivity index (χ1n) is 8.29. The van der Waals surface area contributed by atoms with Gasteiger partial charge in [0.25, 0.3) is 0 Å². The molecule has 0 radical (unpaired) electrons. The van der Waals surface area contributed by atoms with Gasteiger partial charge in [0.15, 0.2) is 5.78 Å². The molecule has 2 aromatic rings. The van der Waals surface area contributed by atoms with Crippen molar-refractivity contribution in [2.24, 2.45) is 0 Å². The molecule has 3 rings (SSSR count). The van der Waals surface area contributed by atoms with Crippen LogP contribution in [0.4, 0.5) is 0 Å². The van der Waals surface area contributed by atoms with Gasteiger partial charge in [-0.15, -0.1) is 0 Å². The van der Waals surface area contributed by atoms with E-state index in [4.69, 9.17) is 0 Å². The monoisotopic (exact) mass is 373 g/mol. The standard InChI is InChI=1S/C19H19NO5S/c1-13(21)14-5-4-6-15(9-14)16-10-17(19(22)23)12-18(11-16)26(24,25)20-7-2-3-8-20/h4-6,9-12H,2-3,7-8H2,1H3,(H,22,23). The van der Waals surface area contributed by atoms with E-state index in [1.54, 1.807) is 24.3 Å². The molecule has 1 fully saturated rings. The van der Waals surface area contributed by atoms with Crippen molar-refractivity contribution in [3.8, 4) is 11.1 Å². The van der Waals surface area contributed by atoms with E-state index in [2.05, 4.69) is 0 Å². The Morgan fingerprint density at radius 1 is 0.962 bits per heavy atom. The summed E-state index contributed by atoms with van der Waals surface area (Å²) in [6, 6.07) is 10.8. The topological polar surface area (TPSA) is 91.7 Å². The highest BCUT2D eigenvalue weighted by atomic mass is 32.2. The van der Waals surface area contributed by atoms with Crippen LogP contribution < -0.4 is 0 Å². The fourth-order valence-electron chi connectivity index (χ4n) is 3.03. The van der Waals surface area contributed by atoms with Crippen LogP contribution in [-0.4, -0.2) is 42.7 Å². The van der Waals surface area contributed by atoms with Crippen LogP contribution in [0.15, 0.2) is 47.4 Å². The maximum Gasteiger partial charge on any atom is 0.335 e. The summed E-state index contributed by atoms with van der Waals surface area (Å²) in [6.07, 6.45) is 1.59. The number of carboxylic acid groups (broad SMARTS) is 1. The van der Waals surface area contributed by atoms with Crippen LogP contribution in [0.25, 0.3) is 11.1 Å². The zero-order chi connectivity index (χ0) is 18.9. The molecule has 1 saturated heterocycles. The summed E-state index contributed by atoms with van der Waals surface area (Å²) in [5.41, 5.74) is 1.42. The van der Waals surface area contributed by atoms with Crippen LogP contribution in [0.5, 0.6) is 0 Å². The van der Waals surface area contributed by atoms with Gasteiger partial charge in [-0.25, -0.2) is 13.2 Å². The lowest BCUT2D eigenvalue weighted by atomic mass is 10.00. The maximum atomic E-state index is 12.8. The molecule has 2 aromatic carbocycles. The molecule has 26 heavy (non-hydrogen) atoms. The average molecular weight is 373 g/mol. The smallest absolute Gasteiger partial charge is 0.335 e.